The number of aromatic nitrogens is 3. The number of thiophene rings is 1. The second-order valence-electron chi connectivity index (χ2n) is 6.72. The molecule has 0 saturated heterocycles. The van der Waals surface area contributed by atoms with Crippen molar-refractivity contribution in [3.05, 3.63) is 57.1 Å². The Labute approximate surface area is 159 Å². The molecule has 0 aliphatic heterocycles. The lowest BCUT2D eigenvalue weighted by atomic mass is 10.2. The van der Waals surface area contributed by atoms with Crippen molar-refractivity contribution in [1.29, 1.82) is 0 Å². The average Bonchev–Trinajstić information content (AvgIpc) is 3.13. The molecule has 3 heterocycles. The van der Waals surface area contributed by atoms with Crippen LogP contribution in [0.25, 0.3) is 21.1 Å². The van der Waals surface area contributed by atoms with Crippen LogP contribution in [0.4, 0.5) is 5.69 Å². The molecule has 27 heavy (non-hydrogen) atoms. The zero-order valence-electron chi connectivity index (χ0n) is 15.4. The summed E-state index contributed by atoms with van der Waals surface area (Å²) in [6.07, 6.45) is 2.63. The molecule has 0 spiro atoms. The lowest BCUT2D eigenvalue weighted by molar-refractivity contribution is -0.116. The van der Waals surface area contributed by atoms with E-state index in [9.17, 15) is 9.59 Å². The van der Waals surface area contributed by atoms with Gasteiger partial charge in [0.15, 0.2) is 0 Å². The molecule has 0 unspecified atom stereocenters. The van der Waals surface area contributed by atoms with Crippen molar-refractivity contribution in [2.24, 2.45) is 7.05 Å². The van der Waals surface area contributed by atoms with E-state index in [1.54, 1.807) is 0 Å². The van der Waals surface area contributed by atoms with Gasteiger partial charge in [-0.3, -0.25) is 9.59 Å². The molecule has 0 aliphatic carbocycles. The van der Waals surface area contributed by atoms with E-state index in [4.69, 9.17) is 0 Å². The summed E-state index contributed by atoms with van der Waals surface area (Å²) in [6.45, 7) is 3.92. The first-order valence-corrected chi connectivity index (χ1v) is 9.58. The van der Waals surface area contributed by atoms with Gasteiger partial charge >= 0.3 is 0 Å². The van der Waals surface area contributed by atoms with Crippen LogP contribution in [0.15, 0.2) is 35.3 Å². The van der Waals surface area contributed by atoms with Gasteiger partial charge in [0.25, 0.3) is 5.56 Å². The average molecular weight is 380 g/mol. The van der Waals surface area contributed by atoms with Crippen molar-refractivity contribution in [3.63, 3.8) is 0 Å². The number of H-pyrrole nitrogens is 1. The van der Waals surface area contributed by atoms with Crippen LogP contribution in [0, 0.1) is 13.8 Å². The van der Waals surface area contributed by atoms with E-state index in [1.807, 2.05) is 55.9 Å². The molecular weight excluding hydrogens is 360 g/mol. The molecule has 4 aromatic rings. The Hall–Kier alpha value is -2.93. The van der Waals surface area contributed by atoms with Gasteiger partial charge in [0.2, 0.25) is 5.91 Å². The summed E-state index contributed by atoms with van der Waals surface area (Å²) in [5.41, 5.74) is 2.67. The van der Waals surface area contributed by atoms with Crippen LogP contribution in [-0.2, 0) is 18.3 Å². The molecule has 2 N–H and O–H groups in total. The molecule has 3 aromatic heterocycles. The van der Waals surface area contributed by atoms with Crippen molar-refractivity contribution < 1.29 is 4.79 Å². The third-order valence-corrected chi connectivity index (χ3v) is 5.95. The number of hydrogen-bond acceptors (Lipinski definition) is 4. The molecular formula is C20H20N4O2S. The molecule has 0 bridgehead atoms. The Morgan fingerprint density at radius 3 is 2.93 bits per heavy atom. The number of benzene rings is 1. The number of hydrogen-bond donors (Lipinski definition) is 2. The molecule has 1 amide bonds. The van der Waals surface area contributed by atoms with Gasteiger partial charge < -0.3 is 14.9 Å². The molecule has 0 saturated carbocycles. The van der Waals surface area contributed by atoms with E-state index in [0.29, 0.717) is 17.6 Å². The third-order valence-electron chi connectivity index (χ3n) is 4.85. The van der Waals surface area contributed by atoms with Gasteiger partial charge in [-0.2, -0.15) is 0 Å². The Morgan fingerprint density at radius 1 is 1.30 bits per heavy atom. The molecule has 7 heteroatoms. The Kier molecular flexibility index (Phi) is 4.31. The fourth-order valence-corrected chi connectivity index (χ4v) is 4.26. The maximum Gasteiger partial charge on any atom is 0.259 e. The number of amides is 1. The number of carbonyl (C=O) groups is 1. The standard InChI is InChI=1S/C20H20N4O2S/c1-11-12(2)27-20-18(11)19(26)22-16(23-20)6-7-17(25)21-14-5-4-13-8-9-24(3)15(13)10-14/h4-5,8-10H,6-7H2,1-3H3,(H,21,25)(H,22,23,26). The molecule has 0 aliphatic rings. The number of rotatable bonds is 4. The Balaban J connectivity index is 1.47. The highest BCUT2D eigenvalue weighted by Crippen LogP contribution is 2.25. The minimum atomic E-state index is -0.133. The highest BCUT2D eigenvalue weighted by molar-refractivity contribution is 7.18. The fourth-order valence-electron chi connectivity index (χ4n) is 3.21. The first-order valence-electron chi connectivity index (χ1n) is 8.76. The maximum absolute atomic E-state index is 12.3. The zero-order valence-corrected chi connectivity index (χ0v) is 16.2. The summed E-state index contributed by atoms with van der Waals surface area (Å²) in [5, 5.41) is 4.70. The van der Waals surface area contributed by atoms with Gasteiger partial charge in [0, 0.05) is 42.2 Å². The minimum Gasteiger partial charge on any atom is -0.350 e. The maximum atomic E-state index is 12.3. The third kappa shape index (κ3) is 3.26. The number of aryl methyl sites for hydroxylation is 4. The predicted molar refractivity (Wildman–Crippen MR) is 110 cm³/mol. The number of carbonyl (C=O) groups excluding carboxylic acids is 1. The van der Waals surface area contributed by atoms with Gasteiger partial charge in [0.05, 0.1) is 5.39 Å². The summed E-state index contributed by atoms with van der Waals surface area (Å²) in [5.74, 6) is 0.437. The normalized spacial score (nSPS) is 11.4. The van der Waals surface area contributed by atoms with E-state index >= 15 is 0 Å². The van der Waals surface area contributed by atoms with E-state index in [1.165, 1.54) is 11.3 Å². The molecule has 1 aromatic carbocycles. The quantitative estimate of drug-likeness (QED) is 0.567. The first kappa shape index (κ1) is 17.5. The number of nitrogens with zero attached hydrogens (tertiary/aromatic N) is 2. The van der Waals surface area contributed by atoms with E-state index in [2.05, 4.69) is 15.3 Å². The minimum absolute atomic E-state index is 0.107. The summed E-state index contributed by atoms with van der Waals surface area (Å²) in [4.78, 5) is 33.8. The second kappa shape index (κ2) is 6.66. The Bertz CT molecular complexity index is 1230. The van der Waals surface area contributed by atoms with Gasteiger partial charge in [0.1, 0.15) is 10.7 Å². The lowest BCUT2D eigenvalue weighted by Gasteiger charge is -2.06. The van der Waals surface area contributed by atoms with Gasteiger partial charge in [-0.25, -0.2) is 4.98 Å². The van der Waals surface area contributed by atoms with E-state index in [0.717, 1.165) is 31.9 Å². The van der Waals surface area contributed by atoms with Gasteiger partial charge in [-0.15, -0.1) is 11.3 Å². The Morgan fingerprint density at radius 2 is 2.11 bits per heavy atom. The van der Waals surface area contributed by atoms with Crippen LogP contribution in [0.2, 0.25) is 0 Å². The van der Waals surface area contributed by atoms with Crippen LogP contribution in [-0.4, -0.2) is 20.4 Å². The summed E-state index contributed by atoms with van der Waals surface area (Å²) >= 11 is 1.51. The van der Waals surface area contributed by atoms with Gasteiger partial charge in [-0.05, 0) is 43.0 Å². The summed E-state index contributed by atoms with van der Waals surface area (Å²) in [7, 11) is 1.97. The van der Waals surface area contributed by atoms with Crippen molar-refractivity contribution >= 4 is 44.1 Å². The second-order valence-corrected chi connectivity index (χ2v) is 7.93. The summed E-state index contributed by atoms with van der Waals surface area (Å²) in [6, 6.07) is 7.87. The molecule has 138 valence electrons. The highest BCUT2D eigenvalue weighted by Gasteiger charge is 2.13. The van der Waals surface area contributed by atoms with Gasteiger partial charge in [-0.1, -0.05) is 6.07 Å². The van der Waals surface area contributed by atoms with Crippen molar-refractivity contribution in [2.45, 2.75) is 26.7 Å². The number of anilines is 1. The predicted octanol–water partition coefficient (Wildman–Crippen LogP) is 3.66. The largest absolute Gasteiger partial charge is 0.350 e. The lowest BCUT2D eigenvalue weighted by Crippen LogP contribution is -2.16. The van der Waals surface area contributed by atoms with Crippen LogP contribution >= 0.6 is 11.3 Å². The highest BCUT2D eigenvalue weighted by atomic mass is 32.1. The van der Waals surface area contributed by atoms with E-state index < -0.39 is 0 Å². The SMILES string of the molecule is Cc1sc2nc(CCC(=O)Nc3ccc4ccn(C)c4c3)[nH]c(=O)c2c1C. The molecule has 6 nitrogen and oxygen atoms in total. The zero-order chi connectivity index (χ0) is 19.1. The molecule has 4 rings (SSSR count). The fraction of sp³-hybridized carbons (Fsp3) is 0.250. The van der Waals surface area contributed by atoms with Crippen LogP contribution < -0.4 is 10.9 Å². The van der Waals surface area contributed by atoms with Crippen LogP contribution in [0.1, 0.15) is 22.7 Å². The van der Waals surface area contributed by atoms with Crippen molar-refractivity contribution in [3.8, 4) is 0 Å². The van der Waals surface area contributed by atoms with E-state index in [-0.39, 0.29) is 17.9 Å². The monoisotopic (exact) mass is 380 g/mol. The number of fused-ring (bicyclic) bond motifs is 2. The summed E-state index contributed by atoms with van der Waals surface area (Å²) < 4.78 is 2.01. The smallest absolute Gasteiger partial charge is 0.259 e. The first-order chi connectivity index (χ1) is 12.9. The molecule has 0 atom stereocenters. The molecule has 0 radical (unpaired) electrons. The topological polar surface area (TPSA) is 79.8 Å². The van der Waals surface area contributed by atoms with Crippen molar-refractivity contribution in [2.75, 3.05) is 5.32 Å². The van der Waals surface area contributed by atoms with Crippen molar-refractivity contribution in [1.82, 2.24) is 14.5 Å². The van der Waals surface area contributed by atoms with Crippen LogP contribution in [0.3, 0.4) is 0 Å². The number of aromatic amines is 1. The number of nitrogens with one attached hydrogen (secondary N) is 2. The molecule has 0 fully saturated rings. The van der Waals surface area contributed by atoms with Crippen LogP contribution in [0.5, 0.6) is 0 Å².